The third kappa shape index (κ3) is 2.19. The molecule has 5 nitrogen and oxygen atoms in total. The molecule has 0 fully saturated rings. The monoisotopic (exact) mass is 419 g/mol. The van der Waals surface area contributed by atoms with Gasteiger partial charge in [0.15, 0.2) is 0 Å². The molecule has 85 valence electrons. The summed E-state index contributed by atoms with van der Waals surface area (Å²) in [5.74, 6) is 0.286. The molecular formula is C10H10BiO5. The summed E-state index contributed by atoms with van der Waals surface area (Å²) >= 11 is -1.55. The normalized spacial score (nSPS) is 14.3. The molecule has 2 rings (SSSR count). The van der Waals surface area contributed by atoms with E-state index in [4.69, 9.17) is 15.1 Å². The minimum atomic E-state index is -1.55. The second-order valence-corrected chi connectivity index (χ2v) is 5.10. The Hall–Kier alpha value is -0.707. The molecule has 0 amide bonds. The van der Waals surface area contributed by atoms with E-state index >= 15 is 0 Å². The fraction of sp³-hybridized carbons (Fsp3) is 0.300. The van der Waals surface area contributed by atoms with Gasteiger partial charge in [0.25, 0.3) is 0 Å². The zero-order valence-electron chi connectivity index (χ0n) is 8.80. The molecule has 0 spiro atoms. The number of hydrogen-bond acceptors (Lipinski definition) is 5. The summed E-state index contributed by atoms with van der Waals surface area (Å²) in [5, 5.41) is 0. The van der Waals surface area contributed by atoms with Crippen LogP contribution in [0.2, 0.25) is 0 Å². The predicted molar refractivity (Wildman–Crippen MR) is 55.0 cm³/mol. The van der Waals surface area contributed by atoms with Crippen LogP contribution < -0.4 is 2.81 Å². The number of benzene rings is 1. The van der Waals surface area contributed by atoms with Crippen LogP contribution in [0.25, 0.3) is 0 Å². The van der Waals surface area contributed by atoms with Crippen molar-refractivity contribution in [2.24, 2.45) is 0 Å². The molecule has 1 radical (unpaired) electrons. The molecular weight excluding hydrogens is 409 g/mol. The molecule has 1 heterocycles. The molecule has 1 aliphatic heterocycles. The first-order valence-electron chi connectivity index (χ1n) is 4.54. The van der Waals surface area contributed by atoms with Crippen LogP contribution in [0.3, 0.4) is 0 Å². The van der Waals surface area contributed by atoms with E-state index in [2.05, 4.69) is 0 Å². The number of methoxy groups -OCH3 is 2. The van der Waals surface area contributed by atoms with E-state index in [1.165, 1.54) is 14.2 Å². The maximum atomic E-state index is 11.5. The minimum absolute atomic E-state index is 0.314. The molecule has 0 N–H and O–H groups in total. The van der Waals surface area contributed by atoms with Gasteiger partial charge < -0.3 is 0 Å². The van der Waals surface area contributed by atoms with Crippen LogP contribution in [0, 0.1) is 0 Å². The Kier molecular flexibility index (Phi) is 3.74. The van der Waals surface area contributed by atoms with E-state index in [0.717, 1.165) is 5.56 Å². The van der Waals surface area contributed by atoms with Crippen LogP contribution in [0.4, 0.5) is 0 Å². The molecule has 0 atom stereocenters. The molecule has 0 bridgehead atoms. The molecule has 0 aromatic heterocycles. The maximum absolute atomic E-state index is 11.5. The van der Waals surface area contributed by atoms with Crippen molar-refractivity contribution < 1.29 is 19.9 Å². The Morgan fingerprint density at radius 1 is 1.25 bits per heavy atom. The van der Waals surface area contributed by atoms with Crippen molar-refractivity contribution in [2.45, 2.75) is 6.29 Å². The third-order valence-corrected chi connectivity index (χ3v) is 4.17. The Balaban J connectivity index is 2.37. The molecule has 0 saturated carbocycles. The van der Waals surface area contributed by atoms with Crippen molar-refractivity contribution in [2.75, 3.05) is 14.2 Å². The number of fused-ring (bicyclic) bond motifs is 1. The second-order valence-electron chi connectivity index (χ2n) is 3.10. The first-order chi connectivity index (χ1) is 7.76. The first kappa shape index (κ1) is 11.8. The van der Waals surface area contributed by atoms with Gasteiger partial charge in [-0.25, -0.2) is 0 Å². The Morgan fingerprint density at radius 3 is 2.69 bits per heavy atom. The standard InChI is InChI=1S/C10H12O5.Bi/c1-14-10(15-2)6-3-4-8(11)7(5-6)9(12)13;/h3-5,10-11H,1-2H3,(H,12,13);/q;+2/p-2. The molecule has 6 heteroatoms. The second kappa shape index (κ2) is 5.08. The molecule has 1 aromatic carbocycles. The molecule has 1 aliphatic rings. The van der Waals surface area contributed by atoms with E-state index in [0.29, 0.717) is 11.3 Å². The molecule has 16 heavy (non-hydrogen) atoms. The van der Waals surface area contributed by atoms with Gasteiger partial charge in [-0.3, -0.25) is 0 Å². The van der Waals surface area contributed by atoms with Gasteiger partial charge in [0.2, 0.25) is 0 Å². The fourth-order valence-corrected chi connectivity index (χ4v) is 3.16. The van der Waals surface area contributed by atoms with Gasteiger partial charge in [0, 0.05) is 0 Å². The zero-order chi connectivity index (χ0) is 11.5. The van der Waals surface area contributed by atoms with Gasteiger partial charge in [0.1, 0.15) is 0 Å². The molecule has 0 saturated heterocycles. The van der Waals surface area contributed by atoms with Gasteiger partial charge >= 0.3 is 106 Å². The van der Waals surface area contributed by atoms with Crippen LogP contribution in [0.1, 0.15) is 22.2 Å². The Morgan fingerprint density at radius 2 is 2.00 bits per heavy atom. The molecule has 0 aliphatic carbocycles. The van der Waals surface area contributed by atoms with Crippen molar-refractivity contribution in [3.8, 4) is 5.75 Å². The van der Waals surface area contributed by atoms with Crippen LogP contribution >= 0.6 is 0 Å². The van der Waals surface area contributed by atoms with Crippen molar-refractivity contribution >= 4 is 30.1 Å². The summed E-state index contributed by atoms with van der Waals surface area (Å²) < 4.78 is 20.5. The quantitative estimate of drug-likeness (QED) is 0.542. The summed E-state index contributed by atoms with van der Waals surface area (Å²) in [5.41, 5.74) is 1.20. The summed E-state index contributed by atoms with van der Waals surface area (Å²) in [6.45, 7) is 0. The van der Waals surface area contributed by atoms with Crippen LogP contribution in [-0.4, -0.2) is 44.3 Å². The number of ether oxygens (including phenoxy) is 2. The van der Waals surface area contributed by atoms with Crippen LogP contribution in [0.15, 0.2) is 18.2 Å². The first-order valence-corrected chi connectivity index (χ1v) is 7.38. The van der Waals surface area contributed by atoms with E-state index in [1.807, 2.05) is 6.07 Å². The topological polar surface area (TPSA) is 54.0 Å². The number of rotatable bonds is 3. The van der Waals surface area contributed by atoms with Gasteiger partial charge in [-0.05, 0) is 0 Å². The molecule has 1 aromatic rings. The Labute approximate surface area is 105 Å². The zero-order valence-corrected chi connectivity index (χ0v) is 12.3. The van der Waals surface area contributed by atoms with Gasteiger partial charge in [0.05, 0.1) is 0 Å². The number of carbonyl (C=O) groups excluding carboxylic acids is 1. The average Bonchev–Trinajstić information content (AvgIpc) is 2.32. The number of carbonyl (C=O) groups is 1. The van der Waals surface area contributed by atoms with Crippen LogP contribution in [0.5, 0.6) is 5.75 Å². The Bertz CT molecular complexity index is 402. The molecule has 0 unspecified atom stereocenters. The predicted octanol–water partition coefficient (Wildman–Crippen LogP) is 1.06. The summed E-state index contributed by atoms with van der Waals surface area (Å²) in [4.78, 5) is 11.5. The van der Waals surface area contributed by atoms with Crippen LogP contribution in [-0.2, 0) is 12.3 Å². The number of hydrogen-bond donors (Lipinski definition) is 0. The van der Waals surface area contributed by atoms with Gasteiger partial charge in [-0.1, -0.05) is 0 Å². The van der Waals surface area contributed by atoms with E-state index in [1.54, 1.807) is 12.1 Å². The van der Waals surface area contributed by atoms with Gasteiger partial charge in [-0.2, -0.15) is 0 Å². The van der Waals surface area contributed by atoms with E-state index in [-0.39, 0.29) is 5.97 Å². The van der Waals surface area contributed by atoms with E-state index in [9.17, 15) is 4.79 Å². The average molecular weight is 419 g/mol. The van der Waals surface area contributed by atoms with Crippen molar-refractivity contribution in [1.82, 2.24) is 0 Å². The third-order valence-electron chi connectivity index (χ3n) is 2.18. The summed E-state index contributed by atoms with van der Waals surface area (Å²) in [7, 11) is 3.08. The van der Waals surface area contributed by atoms with E-state index < -0.39 is 30.4 Å². The van der Waals surface area contributed by atoms with Crippen molar-refractivity contribution in [3.63, 3.8) is 0 Å². The van der Waals surface area contributed by atoms with Crippen molar-refractivity contribution in [3.05, 3.63) is 29.3 Å². The SMILES string of the molecule is COC(OC)c1ccc2c(c1)C(=O)[O][Bi][O]2. The summed E-state index contributed by atoms with van der Waals surface area (Å²) in [6.07, 6.45) is -0.485. The van der Waals surface area contributed by atoms with Gasteiger partial charge in [-0.15, -0.1) is 0 Å². The van der Waals surface area contributed by atoms with Crippen molar-refractivity contribution in [1.29, 1.82) is 0 Å². The fourth-order valence-electron chi connectivity index (χ4n) is 1.44. The summed E-state index contributed by atoms with van der Waals surface area (Å²) in [6, 6.07) is 5.24.